The molecule has 1 saturated carbocycles. The molecule has 1 aromatic carbocycles. The highest BCUT2D eigenvalue weighted by Gasteiger charge is 2.30. The van der Waals surface area contributed by atoms with Crippen LogP contribution in [-0.4, -0.2) is 33.4 Å². The topological polar surface area (TPSA) is 82.5 Å². The van der Waals surface area contributed by atoms with E-state index < -0.39 is 28.4 Å². The van der Waals surface area contributed by atoms with Crippen LogP contribution in [0.3, 0.4) is 0 Å². The summed E-state index contributed by atoms with van der Waals surface area (Å²) >= 11 is 5.20. The van der Waals surface area contributed by atoms with Gasteiger partial charge in [-0.25, -0.2) is 18.6 Å². The number of nitrogens with zero attached hydrogens (tertiary/aromatic N) is 2. The van der Waals surface area contributed by atoms with Gasteiger partial charge < -0.3 is 5.11 Å². The summed E-state index contributed by atoms with van der Waals surface area (Å²) < 4.78 is 28.3. The molecule has 6 nitrogen and oxygen atoms in total. The van der Waals surface area contributed by atoms with Gasteiger partial charge in [0.2, 0.25) is 0 Å². The summed E-state index contributed by atoms with van der Waals surface area (Å²) in [5.41, 5.74) is -0.136. The molecule has 0 spiro atoms. The van der Waals surface area contributed by atoms with Crippen LogP contribution < -0.4 is 10.2 Å². The highest BCUT2D eigenvalue weighted by atomic mass is 79.9. The maximum atomic E-state index is 14.6. The summed E-state index contributed by atoms with van der Waals surface area (Å²) in [6, 6.07) is 1.40. The molecule has 1 aliphatic rings. The maximum absolute atomic E-state index is 14.6. The van der Waals surface area contributed by atoms with Gasteiger partial charge in [-0.3, -0.25) is 15.0 Å². The van der Waals surface area contributed by atoms with Gasteiger partial charge in [0.05, 0.1) is 20.6 Å². The fourth-order valence-corrected chi connectivity index (χ4v) is 5.86. The minimum absolute atomic E-state index is 0.0161. The Morgan fingerprint density at radius 2 is 2.00 bits per heavy atom. The summed E-state index contributed by atoms with van der Waals surface area (Å²) in [5.74, 6) is -2.13. The van der Waals surface area contributed by atoms with Crippen molar-refractivity contribution in [3.63, 3.8) is 0 Å². The Labute approximate surface area is 195 Å². The van der Waals surface area contributed by atoms with E-state index in [4.69, 9.17) is 0 Å². The Kier molecular flexibility index (Phi) is 7.59. The van der Waals surface area contributed by atoms with Gasteiger partial charge >= 0.3 is 12.0 Å². The van der Waals surface area contributed by atoms with Gasteiger partial charge in [0.1, 0.15) is 16.4 Å². The fourth-order valence-electron chi connectivity index (χ4n) is 3.28. The van der Waals surface area contributed by atoms with Crippen molar-refractivity contribution in [2.24, 2.45) is 5.92 Å². The van der Waals surface area contributed by atoms with E-state index in [1.165, 1.54) is 11.1 Å². The van der Waals surface area contributed by atoms with Gasteiger partial charge in [0, 0.05) is 12.6 Å². The van der Waals surface area contributed by atoms with Crippen LogP contribution in [0.1, 0.15) is 39.5 Å². The van der Waals surface area contributed by atoms with E-state index in [9.17, 15) is 23.5 Å². The van der Waals surface area contributed by atoms with Crippen molar-refractivity contribution < 1.29 is 23.5 Å². The second-order valence-corrected chi connectivity index (χ2v) is 11.6. The zero-order valence-corrected chi connectivity index (χ0v) is 20.2. The molecule has 31 heavy (non-hydrogen) atoms. The van der Waals surface area contributed by atoms with Crippen molar-refractivity contribution in [1.29, 1.82) is 0 Å². The lowest BCUT2D eigenvalue weighted by Gasteiger charge is -2.26. The summed E-state index contributed by atoms with van der Waals surface area (Å²) in [6.45, 7) is 3.42. The number of halogens is 3. The molecule has 1 heterocycles. The summed E-state index contributed by atoms with van der Waals surface area (Å²) in [7, 11) is 0. The zero-order chi connectivity index (χ0) is 22.8. The molecule has 168 valence electrons. The lowest BCUT2D eigenvalue weighted by molar-refractivity contribution is -0.138. The number of carboxylic acid groups (broad SMARTS) is 1. The molecule has 3 rings (SSSR count). The van der Waals surface area contributed by atoms with E-state index in [1.807, 2.05) is 0 Å². The molecule has 0 aliphatic heterocycles. The SMILES string of the molecule is CC(C)(Sc1cnc(NC(=O)N(CC2CCCC2)c2cc(F)c(Br)cc2F)s1)C(=O)O. The number of carbonyl (C=O) groups is 2. The van der Waals surface area contributed by atoms with E-state index >= 15 is 0 Å². The number of thioether (sulfide) groups is 1. The van der Waals surface area contributed by atoms with Crippen LogP contribution in [0.5, 0.6) is 0 Å². The number of hydrogen-bond donors (Lipinski definition) is 2. The number of carbonyl (C=O) groups excluding carboxylic acids is 1. The van der Waals surface area contributed by atoms with Crippen molar-refractivity contribution >= 4 is 61.8 Å². The minimum Gasteiger partial charge on any atom is -0.480 e. The average Bonchev–Trinajstić information content (AvgIpc) is 3.34. The number of aliphatic carboxylic acids is 1. The first-order valence-electron chi connectivity index (χ1n) is 9.68. The summed E-state index contributed by atoms with van der Waals surface area (Å²) in [4.78, 5) is 29.7. The zero-order valence-electron chi connectivity index (χ0n) is 17.0. The molecule has 11 heteroatoms. The molecule has 0 saturated heterocycles. The van der Waals surface area contributed by atoms with Crippen molar-refractivity contribution in [3.05, 3.63) is 34.4 Å². The van der Waals surface area contributed by atoms with E-state index in [0.717, 1.165) is 60.9 Å². The predicted molar refractivity (Wildman–Crippen MR) is 122 cm³/mol. The predicted octanol–water partition coefficient (Wildman–Crippen LogP) is 6.37. The molecule has 1 aromatic heterocycles. The van der Waals surface area contributed by atoms with Crippen molar-refractivity contribution in [2.45, 2.75) is 48.5 Å². The number of rotatable bonds is 7. The Morgan fingerprint density at radius 1 is 1.32 bits per heavy atom. The number of urea groups is 1. The van der Waals surface area contributed by atoms with Crippen molar-refractivity contribution in [1.82, 2.24) is 4.98 Å². The van der Waals surface area contributed by atoms with Crippen LogP contribution in [0, 0.1) is 17.6 Å². The molecule has 1 aliphatic carbocycles. The number of nitrogens with one attached hydrogen (secondary N) is 1. The van der Waals surface area contributed by atoms with E-state index in [-0.39, 0.29) is 27.8 Å². The van der Waals surface area contributed by atoms with Gasteiger partial charge in [0.15, 0.2) is 5.13 Å². The summed E-state index contributed by atoms with van der Waals surface area (Å²) in [5, 5.41) is 12.2. The number of amides is 2. The molecule has 0 bridgehead atoms. The smallest absolute Gasteiger partial charge is 0.328 e. The molecule has 0 atom stereocenters. The number of hydrogen-bond acceptors (Lipinski definition) is 5. The third-order valence-electron chi connectivity index (χ3n) is 5.01. The lowest BCUT2D eigenvalue weighted by Crippen LogP contribution is -2.39. The van der Waals surface area contributed by atoms with Gasteiger partial charge in [-0.2, -0.15) is 0 Å². The number of benzene rings is 1. The molecular weight excluding hydrogens is 512 g/mol. The Morgan fingerprint density at radius 3 is 2.65 bits per heavy atom. The van der Waals surface area contributed by atoms with E-state index in [0.29, 0.717) is 4.21 Å². The van der Waals surface area contributed by atoms with Crippen molar-refractivity contribution in [2.75, 3.05) is 16.8 Å². The van der Waals surface area contributed by atoms with Gasteiger partial charge in [-0.1, -0.05) is 35.9 Å². The van der Waals surface area contributed by atoms with Crippen LogP contribution in [-0.2, 0) is 4.79 Å². The van der Waals surface area contributed by atoms with E-state index in [2.05, 4.69) is 26.2 Å². The number of aromatic nitrogens is 1. The first-order valence-corrected chi connectivity index (χ1v) is 12.1. The third-order valence-corrected chi connectivity index (χ3v) is 7.82. The molecule has 0 radical (unpaired) electrons. The normalized spacial score (nSPS) is 14.6. The fraction of sp³-hybridized carbons (Fsp3) is 0.450. The first-order chi connectivity index (χ1) is 14.6. The number of thiazole rings is 1. The maximum Gasteiger partial charge on any atom is 0.328 e. The second kappa shape index (κ2) is 9.83. The molecule has 2 N–H and O–H groups in total. The van der Waals surface area contributed by atoms with Crippen LogP contribution in [0.15, 0.2) is 27.0 Å². The highest BCUT2D eigenvalue weighted by molar-refractivity contribution is 9.10. The Hall–Kier alpha value is -1.72. The van der Waals surface area contributed by atoms with Crippen molar-refractivity contribution in [3.8, 4) is 0 Å². The van der Waals surface area contributed by atoms with Gasteiger partial charge in [-0.15, -0.1) is 0 Å². The molecular formula is C20H22BrF2N3O3S2. The molecule has 2 amide bonds. The molecule has 0 unspecified atom stereocenters. The third kappa shape index (κ3) is 5.95. The first kappa shape index (κ1) is 23.9. The highest BCUT2D eigenvalue weighted by Crippen LogP contribution is 2.38. The van der Waals surface area contributed by atoms with Gasteiger partial charge in [-0.05, 0) is 54.6 Å². The molecule has 1 fully saturated rings. The lowest BCUT2D eigenvalue weighted by atomic mass is 10.1. The largest absolute Gasteiger partial charge is 0.480 e. The van der Waals surface area contributed by atoms with Gasteiger partial charge in [0.25, 0.3) is 0 Å². The van der Waals surface area contributed by atoms with Crippen LogP contribution in [0.2, 0.25) is 0 Å². The number of carboxylic acids is 1. The van der Waals surface area contributed by atoms with E-state index in [1.54, 1.807) is 13.8 Å². The second-order valence-electron chi connectivity index (χ2n) is 7.81. The number of anilines is 2. The Balaban J connectivity index is 1.81. The standard InChI is InChI=1S/C20H22BrF2N3O3S2/c1-20(2,17(27)28)31-16-9-24-18(30-16)25-19(29)26(10-11-5-3-4-6-11)15-8-13(22)12(21)7-14(15)23/h7-9,11H,3-6,10H2,1-2H3,(H,27,28)(H,24,25,29). The Bertz CT molecular complexity index is 981. The molecule has 2 aromatic rings. The van der Waals surface area contributed by atoms with Crippen LogP contribution in [0.4, 0.5) is 24.4 Å². The quantitative estimate of drug-likeness (QED) is 0.319. The average molecular weight is 534 g/mol. The van der Waals surface area contributed by atoms with Crippen LogP contribution >= 0.6 is 39.0 Å². The monoisotopic (exact) mass is 533 g/mol. The van der Waals surface area contributed by atoms with Crippen LogP contribution in [0.25, 0.3) is 0 Å². The minimum atomic E-state index is -1.06. The summed E-state index contributed by atoms with van der Waals surface area (Å²) in [6.07, 6.45) is 5.42.